The van der Waals surface area contributed by atoms with E-state index in [1.54, 1.807) is 0 Å². The smallest absolute Gasteiger partial charge is 0.320 e. The highest BCUT2D eigenvalue weighted by molar-refractivity contribution is 5.78. The zero-order chi connectivity index (χ0) is 17.7. The number of rotatable bonds is 4. The maximum atomic E-state index is 12.8. The van der Waals surface area contributed by atoms with Crippen LogP contribution in [0.1, 0.15) is 53.4 Å². The highest BCUT2D eigenvalue weighted by Crippen LogP contribution is 2.24. The molecule has 138 valence electrons. The molecule has 6 nitrogen and oxygen atoms in total. The zero-order valence-corrected chi connectivity index (χ0v) is 15.8. The van der Waals surface area contributed by atoms with E-state index in [-0.39, 0.29) is 18.0 Å². The van der Waals surface area contributed by atoms with Gasteiger partial charge in [0, 0.05) is 44.3 Å². The monoisotopic (exact) mass is 338 g/mol. The largest absolute Gasteiger partial charge is 0.353 e. The lowest BCUT2D eigenvalue weighted by Gasteiger charge is -2.44. The van der Waals surface area contributed by atoms with Crippen LogP contribution in [0, 0.1) is 0 Å². The van der Waals surface area contributed by atoms with E-state index in [1.165, 1.54) is 6.42 Å². The van der Waals surface area contributed by atoms with Gasteiger partial charge in [0.2, 0.25) is 5.91 Å². The van der Waals surface area contributed by atoms with Gasteiger partial charge in [-0.1, -0.05) is 6.92 Å². The van der Waals surface area contributed by atoms with E-state index < -0.39 is 0 Å². The molecular formula is C18H34N4O2. The SMILES string of the molecule is CC[C@H](C)NC(=O)CN1CCN(C(=O)N2[C@H](C)CCC[C@H]2C)CC1. The van der Waals surface area contributed by atoms with Crippen LogP contribution in [0.4, 0.5) is 4.79 Å². The highest BCUT2D eigenvalue weighted by atomic mass is 16.2. The van der Waals surface area contributed by atoms with Crippen molar-refractivity contribution >= 4 is 11.9 Å². The topological polar surface area (TPSA) is 55.9 Å². The first-order valence-electron chi connectivity index (χ1n) is 9.51. The summed E-state index contributed by atoms with van der Waals surface area (Å²) in [6.07, 6.45) is 4.36. The Balaban J connectivity index is 1.79. The summed E-state index contributed by atoms with van der Waals surface area (Å²) in [5.74, 6) is 0.0856. The number of carbonyl (C=O) groups is 2. The summed E-state index contributed by atoms with van der Waals surface area (Å²) in [5, 5.41) is 3.00. The van der Waals surface area contributed by atoms with Crippen LogP contribution in [0.2, 0.25) is 0 Å². The molecule has 0 aromatic rings. The van der Waals surface area contributed by atoms with Crippen LogP contribution in [-0.4, -0.2) is 77.5 Å². The number of carbonyl (C=O) groups excluding carboxylic acids is 2. The Hall–Kier alpha value is -1.30. The van der Waals surface area contributed by atoms with Crippen molar-refractivity contribution in [3.05, 3.63) is 0 Å². The van der Waals surface area contributed by atoms with Gasteiger partial charge >= 0.3 is 6.03 Å². The molecular weight excluding hydrogens is 304 g/mol. The van der Waals surface area contributed by atoms with Gasteiger partial charge in [-0.05, 0) is 46.5 Å². The van der Waals surface area contributed by atoms with Gasteiger partial charge in [-0.25, -0.2) is 4.79 Å². The Morgan fingerprint density at radius 3 is 2.21 bits per heavy atom. The fraction of sp³-hybridized carbons (Fsp3) is 0.889. The molecule has 0 aliphatic carbocycles. The average molecular weight is 338 g/mol. The van der Waals surface area contributed by atoms with Crippen molar-refractivity contribution in [3.63, 3.8) is 0 Å². The second-order valence-corrected chi connectivity index (χ2v) is 7.46. The molecule has 6 heteroatoms. The molecule has 0 aromatic heterocycles. The molecule has 0 bridgehead atoms. The van der Waals surface area contributed by atoms with E-state index in [0.29, 0.717) is 31.7 Å². The van der Waals surface area contributed by atoms with Crippen molar-refractivity contribution in [1.29, 1.82) is 0 Å². The summed E-state index contributed by atoms with van der Waals surface area (Å²) in [6.45, 7) is 11.8. The Labute approximate surface area is 146 Å². The highest BCUT2D eigenvalue weighted by Gasteiger charge is 2.33. The number of nitrogens with zero attached hydrogens (tertiary/aromatic N) is 3. The number of urea groups is 1. The normalized spacial score (nSPS) is 27.0. The third kappa shape index (κ3) is 4.85. The Kier molecular flexibility index (Phi) is 6.90. The van der Waals surface area contributed by atoms with Crippen LogP contribution in [0.5, 0.6) is 0 Å². The number of piperazine rings is 1. The van der Waals surface area contributed by atoms with Crippen molar-refractivity contribution in [3.8, 4) is 0 Å². The van der Waals surface area contributed by atoms with Crippen molar-refractivity contribution < 1.29 is 9.59 Å². The number of likely N-dealkylation sites (tertiary alicyclic amines) is 1. The minimum atomic E-state index is 0.0856. The van der Waals surface area contributed by atoms with Gasteiger partial charge in [0.25, 0.3) is 0 Å². The third-order valence-corrected chi connectivity index (χ3v) is 5.44. The van der Waals surface area contributed by atoms with E-state index >= 15 is 0 Å². The minimum absolute atomic E-state index is 0.0856. The van der Waals surface area contributed by atoms with E-state index in [4.69, 9.17) is 0 Å². The van der Waals surface area contributed by atoms with Gasteiger partial charge in [0.05, 0.1) is 6.54 Å². The van der Waals surface area contributed by atoms with Crippen LogP contribution >= 0.6 is 0 Å². The first-order valence-corrected chi connectivity index (χ1v) is 9.51. The van der Waals surface area contributed by atoms with Crippen LogP contribution in [0.25, 0.3) is 0 Å². The van der Waals surface area contributed by atoms with E-state index in [1.807, 2.05) is 11.8 Å². The van der Waals surface area contributed by atoms with Crippen molar-refractivity contribution in [2.45, 2.75) is 71.5 Å². The fourth-order valence-electron chi connectivity index (χ4n) is 3.68. The molecule has 2 saturated heterocycles. The molecule has 0 saturated carbocycles. The first-order chi connectivity index (χ1) is 11.4. The second kappa shape index (κ2) is 8.70. The standard InChI is InChI=1S/C18H34N4O2/c1-5-14(2)19-17(23)13-20-9-11-21(12-10-20)18(24)22-15(3)7-6-8-16(22)4/h14-16H,5-13H2,1-4H3,(H,19,23)/t14-,15+,16+/m0/s1. The van der Waals surface area contributed by atoms with Crippen LogP contribution in [0.3, 0.4) is 0 Å². The molecule has 2 aliphatic heterocycles. The number of hydrogen-bond acceptors (Lipinski definition) is 3. The van der Waals surface area contributed by atoms with Crippen LogP contribution in [-0.2, 0) is 4.79 Å². The lowest BCUT2D eigenvalue weighted by molar-refractivity contribution is -0.123. The summed E-state index contributed by atoms with van der Waals surface area (Å²) >= 11 is 0. The molecule has 24 heavy (non-hydrogen) atoms. The van der Waals surface area contributed by atoms with E-state index in [2.05, 4.69) is 35.9 Å². The van der Waals surface area contributed by atoms with Crippen molar-refractivity contribution in [2.75, 3.05) is 32.7 Å². The number of nitrogens with one attached hydrogen (secondary N) is 1. The molecule has 0 aromatic carbocycles. The summed E-state index contributed by atoms with van der Waals surface area (Å²) in [4.78, 5) is 31.0. The summed E-state index contributed by atoms with van der Waals surface area (Å²) in [5.41, 5.74) is 0. The molecule has 3 atom stereocenters. The van der Waals surface area contributed by atoms with Gasteiger partial charge in [-0.2, -0.15) is 0 Å². The lowest BCUT2D eigenvalue weighted by atomic mass is 9.98. The Morgan fingerprint density at radius 2 is 1.67 bits per heavy atom. The molecule has 2 fully saturated rings. The molecule has 2 rings (SSSR count). The van der Waals surface area contributed by atoms with Crippen molar-refractivity contribution in [2.24, 2.45) is 0 Å². The van der Waals surface area contributed by atoms with E-state index in [0.717, 1.165) is 32.4 Å². The number of amides is 3. The van der Waals surface area contributed by atoms with Gasteiger partial charge in [0.1, 0.15) is 0 Å². The molecule has 0 spiro atoms. The third-order valence-electron chi connectivity index (χ3n) is 5.44. The van der Waals surface area contributed by atoms with Crippen molar-refractivity contribution in [1.82, 2.24) is 20.0 Å². The summed E-state index contributed by atoms with van der Waals surface area (Å²) < 4.78 is 0. The maximum absolute atomic E-state index is 12.8. The van der Waals surface area contributed by atoms with Crippen LogP contribution < -0.4 is 5.32 Å². The molecule has 2 heterocycles. The quantitative estimate of drug-likeness (QED) is 0.852. The Morgan fingerprint density at radius 1 is 1.08 bits per heavy atom. The summed E-state index contributed by atoms with van der Waals surface area (Å²) in [7, 11) is 0. The minimum Gasteiger partial charge on any atom is -0.353 e. The summed E-state index contributed by atoms with van der Waals surface area (Å²) in [6, 6.07) is 1.07. The zero-order valence-electron chi connectivity index (χ0n) is 15.8. The first kappa shape index (κ1) is 19.0. The van der Waals surface area contributed by atoms with Gasteiger partial charge in [-0.3, -0.25) is 9.69 Å². The molecule has 0 radical (unpaired) electrons. The van der Waals surface area contributed by atoms with Gasteiger partial charge in [-0.15, -0.1) is 0 Å². The van der Waals surface area contributed by atoms with Gasteiger partial charge in [0.15, 0.2) is 0 Å². The molecule has 1 N–H and O–H groups in total. The number of hydrogen-bond donors (Lipinski definition) is 1. The number of piperidine rings is 1. The fourth-order valence-corrected chi connectivity index (χ4v) is 3.68. The maximum Gasteiger partial charge on any atom is 0.320 e. The van der Waals surface area contributed by atoms with Crippen LogP contribution in [0.15, 0.2) is 0 Å². The second-order valence-electron chi connectivity index (χ2n) is 7.46. The van der Waals surface area contributed by atoms with E-state index in [9.17, 15) is 9.59 Å². The average Bonchev–Trinajstić information content (AvgIpc) is 2.55. The molecule has 3 amide bonds. The Bertz CT molecular complexity index is 425. The molecule has 2 aliphatic rings. The predicted molar refractivity (Wildman–Crippen MR) is 95.9 cm³/mol. The van der Waals surface area contributed by atoms with Gasteiger partial charge < -0.3 is 15.1 Å². The lowest BCUT2D eigenvalue weighted by Crippen LogP contribution is -2.58. The predicted octanol–water partition coefficient (Wildman–Crippen LogP) is 1.90. The molecule has 0 unspecified atom stereocenters.